The van der Waals surface area contributed by atoms with Gasteiger partial charge < -0.3 is 4.74 Å². The standard InChI is InChI=1S/C29H17BrCl2F3N3O2/c30-21-9-11-26(40-16-17-8-10-23(31)24(32)12-17)19(14-21)15-36-38-27(18-4-3-5-20(13-18)29(33,34)35)37-25-7-2-1-6-22(25)28(38)39/h1-15H,16H2. The van der Waals surface area contributed by atoms with Gasteiger partial charge in [-0.25, -0.2) is 4.98 Å². The molecule has 1 aromatic heterocycles. The molecule has 0 N–H and O–H groups in total. The third-order valence-corrected chi connectivity index (χ3v) is 7.10. The Balaban J connectivity index is 1.58. The van der Waals surface area contributed by atoms with Gasteiger partial charge in [-0.15, -0.1) is 0 Å². The minimum atomic E-state index is -4.57. The Labute approximate surface area is 244 Å². The van der Waals surface area contributed by atoms with E-state index in [1.54, 1.807) is 60.7 Å². The van der Waals surface area contributed by atoms with Gasteiger partial charge >= 0.3 is 6.18 Å². The van der Waals surface area contributed by atoms with Crippen molar-refractivity contribution in [3.63, 3.8) is 0 Å². The van der Waals surface area contributed by atoms with Crippen LogP contribution in [-0.2, 0) is 12.8 Å². The maximum absolute atomic E-state index is 13.5. The van der Waals surface area contributed by atoms with E-state index in [-0.39, 0.29) is 23.4 Å². The number of halogens is 6. The Hall–Kier alpha value is -3.66. The molecule has 1 heterocycles. The van der Waals surface area contributed by atoms with Crippen molar-refractivity contribution in [3.8, 4) is 17.1 Å². The second-order valence-corrected chi connectivity index (χ2v) is 10.3. The van der Waals surface area contributed by atoms with E-state index >= 15 is 0 Å². The fourth-order valence-electron chi connectivity index (χ4n) is 3.91. The maximum Gasteiger partial charge on any atom is 0.416 e. The van der Waals surface area contributed by atoms with Crippen LogP contribution in [0.2, 0.25) is 10.0 Å². The lowest BCUT2D eigenvalue weighted by Crippen LogP contribution is -2.20. The monoisotopic (exact) mass is 645 g/mol. The summed E-state index contributed by atoms with van der Waals surface area (Å²) in [4.78, 5) is 18.0. The van der Waals surface area contributed by atoms with Gasteiger partial charge in [0.1, 0.15) is 12.4 Å². The first-order valence-electron chi connectivity index (χ1n) is 11.7. The van der Waals surface area contributed by atoms with Crippen LogP contribution in [0.4, 0.5) is 13.2 Å². The summed E-state index contributed by atoms with van der Waals surface area (Å²) in [5.74, 6) is 0.403. The summed E-state index contributed by atoms with van der Waals surface area (Å²) in [7, 11) is 0. The average Bonchev–Trinajstić information content (AvgIpc) is 2.93. The largest absolute Gasteiger partial charge is 0.488 e. The molecule has 5 aromatic rings. The molecule has 5 nitrogen and oxygen atoms in total. The van der Waals surface area contributed by atoms with Crippen LogP contribution >= 0.6 is 39.1 Å². The van der Waals surface area contributed by atoms with E-state index in [4.69, 9.17) is 27.9 Å². The van der Waals surface area contributed by atoms with E-state index in [1.165, 1.54) is 18.3 Å². The summed E-state index contributed by atoms with van der Waals surface area (Å²) in [6.07, 6.45) is -3.18. The van der Waals surface area contributed by atoms with Crippen molar-refractivity contribution in [3.05, 3.63) is 126 Å². The first-order valence-corrected chi connectivity index (χ1v) is 13.2. The second kappa shape index (κ2) is 11.4. The molecular formula is C29H17BrCl2F3N3O2. The quantitative estimate of drug-likeness (QED) is 0.174. The molecule has 0 amide bonds. The number of alkyl halides is 3. The number of fused-ring (bicyclic) bond motifs is 1. The number of ether oxygens (including phenoxy) is 1. The van der Waals surface area contributed by atoms with Crippen LogP contribution in [0.3, 0.4) is 0 Å². The molecule has 0 fully saturated rings. The van der Waals surface area contributed by atoms with Gasteiger partial charge in [-0.1, -0.05) is 69.5 Å². The highest BCUT2D eigenvalue weighted by molar-refractivity contribution is 9.10. The number of hydrogen-bond donors (Lipinski definition) is 0. The maximum atomic E-state index is 13.5. The molecule has 40 heavy (non-hydrogen) atoms. The summed E-state index contributed by atoms with van der Waals surface area (Å²) in [6.45, 7) is 0.173. The van der Waals surface area contributed by atoms with Gasteiger partial charge in [-0.3, -0.25) is 4.79 Å². The molecule has 202 valence electrons. The molecule has 0 atom stereocenters. The van der Waals surface area contributed by atoms with Gasteiger partial charge in [0.25, 0.3) is 5.56 Å². The van der Waals surface area contributed by atoms with Gasteiger partial charge in [-0.2, -0.15) is 22.9 Å². The first-order chi connectivity index (χ1) is 19.1. The SMILES string of the molecule is O=c1c2ccccc2nc(-c2cccc(C(F)(F)F)c2)n1N=Cc1cc(Br)ccc1OCc1ccc(Cl)c(Cl)c1. The average molecular weight is 647 g/mol. The Bertz CT molecular complexity index is 1820. The summed E-state index contributed by atoms with van der Waals surface area (Å²) in [6, 6.07) is 21.5. The lowest BCUT2D eigenvalue weighted by Gasteiger charge is -2.13. The molecule has 0 radical (unpaired) electrons. The Morgan fingerprint density at radius 1 is 0.950 bits per heavy atom. The van der Waals surface area contributed by atoms with Crippen LogP contribution in [0.5, 0.6) is 5.75 Å². The van der Waals surface area contributed by atoms with E-state index in [0.29, 0.717) is 26.9 Å². The Morgan fingerprint density at radius 2 is 1.75 bits per heavy atom. The number of rotatable bonds is 6. The molecule has 0 unspecified atom stereocenters. The van der Waals surface area contributed by atoms with Gasteiger partial charge in [0.2, 0.25) is 0 Å². The van der Waals surface area contributed by atoms with Gasteiger partial charge in [-0.05, 0) is 60.2 Å². The summed E-state index contributed by atoms with van der Waals surface area (Å²) >= 11 is 15.5. The van der Waals surface area contributed by atoms with E-state index in [1.807, 2.05) is 0 Å². The Morgan fingerprint density at radius 3 is 2.52 bits per heavy atom. The van der Waals surface area contributed by atoms with Crippen LogP contribution in [-0.4, -0.2) is 15.9 Å². The highest BCUT2D eigenvalue weighted by Crippen LogP contribution is 2.32. The van der Waals surface area contributed by atoms with E-state index in [9.17, 15) is 18.0 Å². The van der Waals surface area contributed by atoms with Crippen molar-refractivity contribution in [2.24, 2.45) is 5.10 Å². The van der Waals surface area contributed by atoms with Crippen molar-refractivity contribution >= 4 is 56.2 Å². The van der Waals surface area contributed by atoms with E-state index in [0.717, 1.165) is 26.8 Å². The second-order valence-electron chi connectivity index (χ2n) is 8.61. The van der Waals surface area contributed by atoms with Crippen LogP contribution in [0.1, 0.15) is 16.7 Å². The molecule has 0 aliphatic heterocycles. The summed E-state index contributed by atoms with van der Waals surface area (Å²) in [5, 5.41) is 5.46. The van der Waals surface area contributed by atoms with Crippen molar-refractivity contribution in [2.45, 2.75) is 12.8 Å². The van der Waals surface area contributed by atoms with Crippen LogP contribution in [0.25, 0.3) is 22.3 Å². The molecule has 11 heteroatoms. The topological polar surface area (TPSA) is 56.5 Å². The van der Waals surface area contributed by atoms with Gasteiger partial charge in [0.15, 0.2) is 5.82 Å². The third kappa shape index (κ3) is 6.06. The van der Waals surface area contributed by atoms with Gasteiger partial charge in [0, 0.05) is 15.6 Å². The van der Waals surface area contributed by atoms with Crippen LogP contribution in [0.15, 0.2) is 99.3 Å². The smallest absolute Gasteiger partial charge is 0.416 e. The number of nitrogens with zero attached hydrogens (tertiary/aromatic N) is 3. The highest BCUT2D eigenvalue weighted by atomic mass is 79.9. The lowest BCUT2D eigenvalue weighted by molar-refractivity contribution is -0.137. The highest BCUT2D eigenvalue weighted by Gasteiger charge is 2.31. The van der Waals surface area contributed by atoms with Crippen LogP contribution < -0.4 is 10.3 Å². The molecular weight excluding hydrogens is 630 g/mol. The molecule has 0 saturated carbocycles. The molecule has 0 aliphatic carbocycles. The van der Waals surface area contributed by atoms with Crippen molar-refractivity contribution in [2.75, 3.05) is 0 Å². The van der Waals surface area contributed by atoms with Crippen molar-refractivity contribution < 1.29 is 17.9 Å². The molecule has 0 aliphatic rings. The van der Waals surface area contributed by atoms with Crippen molar-refractivity contribution in [1.29, 1.82) is 0 Å². The molecule has 0 saturated heterocycles. The zero-order chi connectivity index (χ0) is 28.4. The first kappa shape index (κ1) is 27.9. The molecule has 5 rings (SSSR count). The number of para-hydroxylation sites is 1. The number of hydrogen-bond acceptors (Lipinski definition) is 4. The molecule has 0 bridgehead atoms. The number of benzene rings is 4. The van der Waals surface area contributed by atoms with Crippen LogP contribution in [0, 0.1) is 0 Å². The zero-order valence-corrected chi connectivity index (χ0v) is 23.4. The predicted molar refractivity (Wildman–Crippen MR) is 154 cm³/mol. The minimum absolute atomic E-state index is 0.0423. The lowest BCUT2D eigenvalue weighted by atomic mass is 10.1. The van der Waals surface area contributed by atoms with Gasteiger partial charge in [0.05, 0.1) is 32.7 Å². The third-order valence-electron chi connectivity index (χ3n) is 5.86. The summed E-state index contributed by atoms with van der Waals surface area (Å²) in [5.41, 5.74) is 0.293. The van der Waals surface area contributed by atoms with E-state index in [2.05, 4.69) is 26.0 Å². The molecule has 4 aromatic carbocycles. The fraction of sp³-hybridized carbons (Fsp3) is 0.0690. The number of aromatic nitrogens is 2. The molecule has 0 spiro atoms. The minimum Gasteiger partial charge on any atom is -0.488 e. The van der Waals surface area contributed by atoms with E-state index < -0.39 is 17.3 Å². The fourth-order valence-corrected chi connectivity index (χ4v) is 4.61. The normalized spacial score (nSPS) is 11.8. The zero-order valence-electron chi connectivity index (χ0n) is 20.3. The predicted octanol–water partition coefficient (Wildman–Crippen LogP) is 8.61. The Kier molecular flexibility index (Phi) is 7.98. The summed E-state index contributed by atoms with van der Waals surface area (Å²) < 4.78 is 48.1. The van der Waals surface area contributed by atoms with Crippen molar-refractivity contribution in [1.82, 2.24) is 9.66 Å².